The summed E-state index contributed by atoms with van der Waals surface area (Å²) in [5.41, 5.74) is 1.29. The first kappa shape index (κ1) is 23.5. The molecule has 0 radical (unpaired) electrons. The summed E-state index contributed by atoms with van der Waals surface area (Å²) >= 11 is 0. The molecule has 0 bridgehead atoms. The summed E-state index contributed by atoms with van der Waals surface area (Å²) in [4.78, 5) is 10.2. The molecular weight excluding hydrogens is 402 g/mol. The van der Waals surface area contributed by atoms with Gasteiger partial charge in [0, 0.05) is 63.6 Å². The number of nitrogens with zero attached hydrogens (tertiary/aromatic N) is 3. The van der Waals surface area contributed by atoms with E-state index < -0.39 is 0 Å². The number of benzene rings is 1. The van der Waals surface area contributed by atoms with Crippen molar-refractivity contribution in [1.82, 2.24) is 20.4 Å². The molecule has 3 fully saturated rings. The van der Waals surface area contributed by atoms with Crippen LogP contribution in [-0.4, -0.2) is 93.0 Å². The van der Waals surface area contributed by atoms with Crippen molar-refractivity contribution in [3.8, 4) is 0 Å². The van der Waals surface area contributed by atoms with Crippen LogP contribution in [0.1, 0.15) is 44.7 Å². The van der Waals surface area contributed by atoms with E-state index in [9.17, 15) is 0 Å². The summed E-state index contributed by atoms with van der Waals surface area (Å²) in [5, 5.41) is 7.51. The van der Waals surface area contributed by atoms with E-state index in [1.165, 1.54) is 12.0 Å². The molecule has 32 heavy (non-hydrogen) atoms. The van der Waals surface area contributed by atoms with Crippen LogP contribution in [0.25, 0.3) is 0 Å². The van der Waals surface area contributed by atoms with Crippen molar-refractivity contribution < 1.29 is 9.47 Å². The number of hydrogen-bond acceptors (Lipinski definition) is 5. The molecule has 3 aliphatic rings. The third kappa shape index (κ3) is 6.01. The first-order valence-electron chi connectivity index (χ1n) is 12.4. The standard InChI is InChI=1S/C25H41N5O2/c1-3-26-24(30-12-9-23(19-30)29-13-17-32-18-14-29)27-20-25(10-15-31-16-11-25)28-21(2)22-7-5-4-6-8-22/h4-8,21,23,28H,3,9-20H2,1-2H3,(H,26,27). The minimum Gasteiger partial charge on any atom is -0.381 e. The molecule has 2 atom stereocenters. The van der Waals surface area contributed by atoms with E-state index in [-0.39, 0.29) is 11.6 Å². The molecule has 2 N–H and O–H groups in total. The molecule has 1 aromatic carbocycles. The summed E-state index contributed by atoms with van der Waals surface area (Å²) < 4.78 is 11.3. The number of likely N-dealkylation sites (tertiary alicyclic amines) is 1. The number of aliphatic imine (C=N–C) groups is 1. The summed E-state index contributed by atoms with van der Waals surface area (Å²) in [6, 6.07) is 11.6. The minimum absolute atomic E-state index is 0.0302. The SMILES string of the molecule is CCNC(=NCC1(NC(C)c2ccccc2)CCOCC1)N1CCC(N2CCOCC2)C1. The fourth-order valence-electron chi connectivity index (χ4n) is 5.22. The average molecular weight is 444 g/mol. The smallest absolute Gasteiger partial charge is 0.194 e. The Labute approximate surface area is 193 Å². The monoisotopic (exact) mass is 443 g/mol. The van der Waals surface area contributed by atoms with Gasteiger partial charge in [-0.2, -0.15) is 0 Å². The van der Waals surface area contributed by atoms with Gasteiger partial charge in [0.2, 0.25) is 0 Å². The van der Waals surface area contributed by atoms with Crippen molar-refractivity contribution in [3.05, 3.63) is 35.9 Å². The number of guanidine groups is 1. The molecule has 4 rings (SSSR count). The van der Waals surface area contributed by atoms with Gasteiger partial charge in [-0.1, -0.05) is 30.3 Å². The van der Waals surface area contributed by atoms with E-state index in [4.69, 9.17) is 14.5 Å². The van der Waals surface area contributed by atoms with Gasteiger partial charge < -0.3 is 25.0 Å². The van der Waals surface area contributed by atoms with Gasteiger partial charge in [-0.25, -0.2) is 0 Å². The fourth-order valence-corrected chi connectivity index (χ4v) is 5.22. The van der Waals surface area contributed by atoms with E-state index >= 15 is 0 Å². The lowest BCUT2D eigenvalue weighted by Crippen LogP contribution is -2.53. The largest absolute Gasteiger partial charge is 0.381 e. The highest BCUT2D eigenvalue weighted by Crippen LogP contribution is 2.26. The van der Waals surface area contributed by atoms with Crippen molar-refractivity contribution in [3.63, 3.8) is 0 Å². The fraction of sp³-hybridized carbons (Fsp3) is 0.720. The quantitative estimate of drug-likeness (QED) is 0.498. The zero-order valence-electron chi connectivity index (χ0n) is 19.9. The summed E-state index contributed by atoms with van der Waals surface area (Å²) in [6.07, 6.45) is 3.18. The van der Waals surface area contributed by atoms with Gasteiger partial charge in [0.25, 0.3) is 0 Å². The number of rotatable bonds is 7. The van der Waals surface area contributed by atoms with Crippen molar-refractivity contribution >= 4 is 5.96 Å². The Morgan fingerprint density at radius 3 is 2.53 bits per heavy atom. The zero-order chi connectivity index (χ0) is 22.2. The van der Waals surface area contributed by atoms with Crippen LogP contribution in [-0.2, 0) is 9.47 Å². The third-order valence-corrected chi connectivity index (χ3v) is 7.16. The van der Waals surface area contributed by atoms with Crippen LogP contribution in [0.3, 0.4) is 0 Å². The summed E-state index contributed by atoms with van der Waals surface area (Å²) in [6.45, 7) is 13.6. The third-order valence-electron chi connectivity index (χ3n) is 7.16. The lowest BCUT2D eigenvalue weighted by atomic mass is 9.88. The maximum atomic E-state index is 5.72. The molecule has 0 amide bonds. The second-order valence-corrected chi connectivity index (χ2v) is 9.38. The Morgan fingerprint density at radius 2 is 1.81 bits per heavy atom. The summed E-state index contributed by atoms with van der Waals surface area (Å²) in [7, 11) is 0. The predicted octanol–water partition coefficient (Wildman–Crippen LogP) is 2.26. The molecule has 0 aliphatic carbocycles. The first-order chi connectivity index (χ1) is 15.7. The highest BCUT2D eigenvalue weighted by Gasteiger charge is 2.35. The highest BCUT2D eigenvalue weighted by atomic mass is 16.5. The van der Waals surface area contributed by atoms with Crippen LogP contribution >= 0.6 is 0 Å². The van der Waals surface area contributed by atoms with Gasteiger partial charge in [-0.15, -0.1) is 0 Å². The second kappa shape index (κ2) is 11.5. The van der Waals surface area contributed by atoms with Crippen LogP contribution in [0, 0.1) is 0 Å². The van der Waals surface area contributed by atoms with Gasteiger partial charge in [-0.3, -0.25) is 9.89 Å². The van der Waals surface area contributed by atoms with Gasteiger partial charge in [0.05, 0.1) is 19.8 Å². The highest BCUT2D eigenvalue weighted by molar-refractivity contribution is 5.80. The lowest BCUT2D eigenvalue weighted by molar-refractivity contribution is 0.0194. The van der Waals surface area contributed by atoms with Gasteiger partial charge in [0.1, 0.15) is 0 Å². The lowest BCUT2D eigenvalue weighted by Gasteiger charge is -2.40. The van der Waals surface area contributed by atoms with Crippen LogP contribution in [0.4, 0.5) is 0 Å². The molecular formula is C25H41N5O2. The van der Waals surface area contributed by atoms with Crippen LogP contribution in [0.15, 0.2) is 35.3 Å². The van der Waals surface area contributed by atoms with Crippen LogP contribution < -0.4 is 10.6 Å². The maximum Gasteiger partial charge on any atom is 0.194 e. The zero-order valence-corrected chi connectivity index (χ0v) is 19.9. The first-order valence-corrected chi connectivity index (χ1v) is 12.4. The number of morpholine rings is 1. The van der Waals surface area contributed by atoms with Gasteiger partial charge >= 0.3 is 0 Å². The molecule has 7 nitrogen and oxygen atoms in total. The predicted molar refractivity (Wildman–Crippen MR) is 129 cm³/mol. The number of hydrogen-bond donors (Lipinski definition) is 2. The molecule has 0 spiro atoms. The molecule has 3 heterocycles. The Kier molecular flexibility index (Phi) is 8.41. The molecule has 3 saturated heterocycles. The molecule has 2 unspecified atom stereocenters. The number of nitrogens with one attached hydrogen (secondary N) is 2. The van der Waals surface area contributed by atoms with Crippen molar-refractivity contribution in [2.45, 2.75) is 50.7 Å². The van der Waals surface area contributed by atoms with E-state index in [0.717, 1.165) is 84.5 Å². The minimum atomic E-state index is -0.0302. The average Bonchev–Trinajstić information content (AvgIpc) is 3.34. The van der Waals surface area contributed by atoms with Crippen molar-refractivity contribution in [2.24, 2.45) is 4.99 Å². The van der Waals surface area contributed by atoms with E-state index in [1.54, 1.807) is 0 Å². The molecule has 7 heteroatoms. The molecule has 178 valence electrons. The maximum absolute atomic E-state index is 5.72. The molecule has 3 aliphatic heterocycles. The number of ether oxygens (including phenoxy) is 2. The molecule has 0 saturated carbocycles. The Bertz CT molecular complexity index is 716. The Balaban J connectivity index is 1.43. The second-order valence-electron chi connectivity index (χ2n) is 9.38. The normalized spacial score (nSPS) is 25.6. The van der Waals surface area contributed by atoms with Crippen LogP contribution in [0.2, 0.25) is 0 Å². The summed E-state index contributed by atoms with van der Waals surface area (Å²) in [5.74, 6) is 1.06. The van der Waals surface area contributed by atoms with Gasteiger partial charge in [-0.05, 0) is 38.7 Å². The van der Waals surface area contributed by atoms with Crippen molar-refractivity contribution in [2.75, 3.05) is 65.7 Å². The Hall–Kier alpha value is -1.67. The van der Waals surface area contributed by atoms with Crippen molar-refractivity contribution in [1.29, 1.82) is 0 Å². The van der Waals surface area contributed by atoms with E-state index in [2.05, 4.69) is 64.6 Å². The molecule has 1 aromatic rings. The topological polar surface area (TPSA) is 61.4 Å². The van der Waals surface area contributed by atoms with Crippen LogP contribution in [0.5, 0.6) is 0 Å². The van der Waals surface area contributed by atoms with E-state index in [1.807, 2.05) is 0 Å². The van der Waals surface area contributed by atoms with Gasteiger partial charge in [0.15, 0.2) is 5.96 Å². The molecule has 0 aromatic heterocycles. The van der Waals surface area contributed by atoms with E-state index in [0.29, 0.717) is 6.04 Å². The Morgan fingerprint density at radius 1 is 1.09 bits per heavy atom.